The van der Waals surface area contributed by atoms with Gasteiger partial charge < -0.3 is 5.73 Å². The van der Waals surface area contributed by atoms with E-state index >= 15 is 0 Å². The van der Waals surface area contributed by atoms with E-state index in [2.05, 4.69) is 0 Å². The van der Waals surface area contributed by atoms with Gasteiger partial charge in [0, 0.05) is 6.04 Å². The van der Waals surface area contributed by atoms with Gasteiger partial charge >= 0.3 is 0 Å². The third kappa shape index (κ3) is 0.968. The minimum absolute atomic E-state index is 0.560. The molecule has 0 radical (unpaired) electrons. The molecular weight excluding hydrogens is 122 g/mol. The third-order valence-electron chi connectivity index (χ3n) is 3.39. The largest absolute Gasteiger partial charge is 0.327 e. The molecule has 10 heavy (non-hydrogen) atoms. The summed E-state index contributed by atoms with van der Waals surface area (Å²) in [6.45, 7) is 0. The molecule has 0 unspecified atom stereocenters. The Morgan fingerprint density at radius 2 is 1.70 bits per heavy atom. The molecule has 1 nitrogen and oxygen atoms in total. The lowest BCUT2D eigenvalue weighted by Gasteiger charge is -2.27. The average Bonchev–Trinajstić information content (AvgIpc) is 2.34. The van der Waals surface area contributed by atoms with E-state index in [1.54, 1.807) is 0 Å². The van der Waals surface area contributed by atoms with Gasteiger partial charge in [-0.3, -0.25) is 0 Å². The zero-order valence-electron chi connectivity index (χ0n) is 6.55. The van der Waals surface area contributed by atoms with Crippen molar-refractivity contribution in [3.63, 3.8) is 0 Å². The molecule has 3 atom stereocenters. The average molecular weight is 139 g/mol. The van der Waals surface area contributed by atoms with Crippen LogP contribution in [-0.2, 0) is 0 Å². The predicted molar refractivity (Wildman–Crippen MR) is 42.7 cm³/mol. The quantitative estimate of drug-likeness (QED) is 0.545. The van der Waals surface area contributed by atoms with E-state index in [1.165, 1.54) is 38.5 Å². The van der Waals surface area contributed by atoms with Gasteiger partial charge in [0.25, 0.3) is 0 Å². The summed E-state index contributed by atoms with van der Waals surface area (Å²) in [5, 5.41) is 0. The van der Waals surface area contributed by atoms with E-state index in [1.807, 2.05) is 0 Å². The molecule has 0 amide bonds. The minimum atomic E-state index is 0.560. The molecule has 0 bridgehead atoms. The van der Waals surface area contributed by atoms with Gasteiger partial charge in [0.1, 0.15) is 0 Å². The minimum Gasteiger partial charge on any atom is -0.327 e. The Morgan fingerprint density at radius 1 is 0.900 bits per heavy atom. The fourth-order valence-corrected chi connectivity index (χ4v) is 2.78. The molecule has 2 N–H and O–H groups in total. The molecule has 0 aliphatic heterocycles. The Morgan fingerprint density at radius 3 is 2.50 bits per heavy atom. The lowest BCUT2D eigenvalue weighted by Crippen LogP contribution is -2.29. The smallest absolute Gasteiger partial charge is 0.00699 e. The van der Waals surface area contributed by atoms with Gasteiger partial charge in [-0.05, 0) is 31.1 Å². The van der Waals surface area contributed by atoms with Crippen molar-refractivity contribution in [2.24, 2.45) is 17.6 Å². The summed E-state index contributed by atoms with van der Waals surface area (Å²) in [5.41, 5.74) is 5.99. The molecular formula is C9H17N. The first-order valence-corrected chi connectivity index (χ1v) is 4.63. The van der Waals surface area contributed by atoms with E-state index in [0.717, 1.165) is 11.8 Å². The van der Waals surface area contributed by atoms with Crippen molar-refractivity contribution in [3.8, 4) is 0 Å². The fourth-order valence-electron chi connectivity index (χ4n) is 2.78. The number of hydrogen-bond donors (Lipinski definition) is 1. The first kappa shape index (κ1) is 6.66. The molecule has 2 aliphatic rings. The Hall–Kier alpha value is -0.0400. The first-order valence-electron chi connectivity index (χ1n) is 4.63. The van der Waals surface area contributed by atoms with Crippen molar-refractivity contribution >= 4 is 0 Å². The highest BCUT2D eigenvalue weighted by Crippen LogP contribution is 2.41. The summed E-state index contributed by atoms with van der Waals surface area (Å²) >= 11 is 0. The lowest BCUT2D eigenvalue weighted by molar-refractivity contribution is 0.260. The number of fused-ring (bicyclic) bond motifs is 1. The maximum atomic E-state index is 5.99. The summed E-state index contributed by atoms with van der Waals surface area (Å²) in [6.07, 6.45) is 8.52. The number of nitrogens with two attached hydrogens (primary N) is 1. The molecule has 2 rings (SSSR count). The Labute approximate surface area is 63.0 Å². The molecule has 1 heteroatoms. The standard InChI is InChI=1S/C9H17N/c10-9-6-5-7-3-1-2-4-8(7)9/h7-9H,1-6,10H2/t7-,8-,9-/m0/s1. The molecule has 0 aromatic rings. The van der Waals surface area contributed by atoms with Crippen LogP contribution in [0.15, 0.2) is 0 Å². The molecule has 0 aromatic heterocycles. The monoisotopic (exact) mass is 139 g/mol. The highest BCUT2D eigenvalue weighted by Gasteiger charge is 2.34. The van der Waals surface area contributed by atoms with Gasteiger partial charge in [0.15, 0.2) is 0 Å². The summed E-state index contributed by atoms with van der Waals surface area (Å²) in [6, 6.07) is 0.560. The van der Waals surface area contributed by atoms with Crippen LogP contribution in [0, 0.1) is 11.8 Å². The topological polar surface area (TPSA) is 26.0 Å². The van der Waals surface area contributed by atoms with E-state index in [9.17, 15) is 0 Å². The van der Waals surface area contributed by atoms with Crippen LogP contribution in [0.1, 0.15) is 38.5 Å². The maximum Gasteiger partial charge on any atom is 0.00699 e. The normalized spacial score (nSPS) is 47.1. The second kappa shape index (κ2) is 2.54. The SMILES string of the molecule is N[C@H]1CC[C@@H]2CCCC[C@@H]21. The molecule has 2 saturated carbocycles. The van der Waals surface area contributed by atoms with Gasteiger partial charge in [-0.2, -0.15) is 0 Å². The first-order chi connectivity index (χ1) is 4.88. The van der Waals surface area contributed by atoms with Crippen molar-refractivity contribution in [2.45, 2.75) is 44.6 Å². The number of hydrogen-bond acceptors (Lipinski definition) is 1. The molecule has 2 aliphatic carbocycles. The predicted octanol–water partition coefficient (Wildman–Crippen LogP) is 1.91. The highest BCUT2D eigenvalue weighted by atomic mass is 14.7. The number of rotatable bonds is 0. The van der Waals surface area contributed by atoms with Crippen LogP contribution < -0.4 is 5.73 Å². The van der Waals surface area contributed by atoms with Crippen LogP contribution in [0.3, 0.4) is 0 Å². The van der Waals surface area contributed by atoms with E-state index in [4.69, 9.17) is 5.73 Å². The van der Waals surface area contributed by atoms with Crippen molar-refractivity contribution < 1.29 is 0 Å². The van der Waals surface area contributed by atoms with Gasteiger partial charge in [-0.1, -0.05) is 19.3 Å². The summed E-state index contributed by atoms with van der Waals surface area (Å²) in [5.74, 6) is 1.93. The van der Waals surface area contributed by atoms with Crippen molar-refractivity contribution in [1.82, 2.24) is 0 Å². The van der Waals surface area contributed by atoms with Gasteiger partial charge in [-0.15, -0.1) is 0 Å². The van der Waals surface area contributed by atoms with E-state index in [-0.39, 0.29) is 0 Å². The van der Waals surface area contributed by atoms with Crippen LogP contribution >= 0.6 is 0 Å². The van der Waals surface area contributed by atoms with Crippen LogP contribution in [0.25, 0.3) is 0 Å². The second-order valence-electron chi connectivity index (χ2n) is 3.95. The van der Waals surface area contributed by atoms with Crippen LogP contribution in [0.4, 0.5) is 0 Å². The zero-order chi connectivity index (χ0) is 6.97. The summed E-state index contributed by atoms with van der Waals surface area (Å²) in [4.78, 5) is 0. The maximum absolute atomic E-state index is 5.99. The lowest BCUT2D eigenvalue weighted by atomic mass is 9.80. The van der Waals surface area contributed by atoms with E-state index in [0.29, 0.717) is 6.04 Å². The second-order valence-corrected chi connectivity index (χ2v) is 3.95. The van der Waals surface area contributed by atoms with Crippen molar-refractivity contribution in [1.29, 1.82) is 0 Å². The summed E-state index contributed by atoms with van der Waals surface area (Å²) < 4.78 is 0. The fraction of sp³-hybridized carbons (Fsp3) is 1.00. The Bertz CT molecular complexity index is 120. The van der Waals surface area contributed by atoms with Crippen LogP contribution in [-0.4, -0.2) is 6.04 Å². The Balaban J connectivity index is 2.01. The van der Waals surface area contributed by atoms with Crippen LogP contribution in [0.5, 0.6) is 0 Å². The molecule has 0 spiro atoms. The van der Waals surface area contributed by atoms with E-state index < -0.39 is 0 Å². The molecule has 58 valence electrons. The van der Waals surface area contributed by atoms with Crippen molar-refractivity contribution in [3.05, 3.63) is 0 Å². The molecule has 0 heterocycles. The zero-order valence-corrected chi connectivity index (χ0v) is 6.55. The summed E-state index contributed by atoms with van der Waals surface area (Å²) in [7, 11) is 0. The molecule has 0 saturated heterocycles. The van der Waals surface area contributed by atoms with Gasteiger partial charge in [0.2, 0.25) is 0 Å². The molecule has 2 fully saturated rings. The van der Waals surface area contributed by atoms with Crippen molar-refractivity contribution in [2.75, 3.05) is 0 Å². The molecule has 0 aromatic carbocycles. The van der Waals surface area contributed by atoms with Gasteiger partial charge in [0.05, 0.1) is 0 Å². The third-order valence-corrected chi connectivity index (χ3v) is 3.39. The van der Waals surface area contributed by atoms with Gasteiger partial charge in [-0.25, -0.2) is 0 Å². The Kier molecular flexibility index (Phi) is 1.69. The highest BCUT2D eigenvalue weighted by molar-refractivity contribution is 4.89. The van der Waals surface area contributed by atoms with Crippen LogP contribution in [0.2, 0.25) is 0 Å².